The molecule has 0 aliphatic heterocycles. The van der Waals surface area contributed by atoms with Crippen molar-refractivity contribution in [1.82, 2.24) is 4.98 Å². The summed E-state index contributed by atoms with van der Waals surface area (Å²) in [5, 5.41) is 1.01. The number of halogens is 1. The molecule has 0 aliphatic rings. The van der Waals surface area contributed by atoms with Crippen molar-refractivity contribution >= 4 is 10.8 Å². The molecular formula is C22H26FNO3. The summed E-state index contributed by atoms with van der Waals surface area (Å²) in [6, 6.07) is 12.4. The number of benzene rings is 2. The van der Waals surface area contributed by atoms with Crippen molar-refractivity contribution in [3.05, 3.63) is 48.4 Å². The van der Waals surface area contributed by atoms with Gasteiger partial charge in [0.25, 0.3) is 0 Å². The second kappa shape index (κ2) is 9.21. The van der Waals surface area contributed by atoms with E-state index in [9.17, 15) is 4.39 Å². The molecule has 0 saturated carbocycles. The molecule has 0 spiro atoms. The first kappa shape index (κ1) is 20.5. The Hall–Kier alpha value is -2.82. The maximum Gasteiger partial charge on any atom is 0.221 e. The molecule has 0 fully saturated rings. The summed E-state index contributed by atoms with van der Waals surface area (Å²) in [5.74, 6) is 1.34. The zero-order valence-corrected chi connectivity index (χ0v) is 16.7. The van der Waals surface area contributed by atoms with E-state index in [0.29, 0.717) is 28.0 Å². The number of hydrogen-bond acceptors (Lipinski definition) is 4. The molecule has 0 radical (unpaired) electrons. The van der Waals surface area contributed by atoms with Crippen molar-refractivity contribution in [2.24, 2.45) is 0 Å². The van der Waals surface area contributed by atoms with Crippen molar-refractivity contribution in [1.29, 1.82) is 0 Å². The lowest BCUT2D eigenvalue weighted by atomic mass is 10.0. The van der Waals surface area contributed by atoms with E-state index in [1.165, 1.54) is 0 Å². The first-order valence-electron chi connectivity index (χ1n) is 9.01. The first-order chi connectivity index (χ1) is 13.0. The summed E-state index contributed by atoms with van der Waals surface area (Å²) in [5.41, 5.74) is 1.19. The SMILES string of the molecule is CC.COc1ccc2c(F)nc(-c3ccc(OC(C)C)cc3)c(OC)c2c1. The minimum absolute atomic E-state index is 0.0871. The Morgan fingerprint density at radius 3 is 2.04 bits per heavy atom. The Morgan fingerprint density at radius 1 is 0.852 bits per heavy atom. The maximum absolute atomic E-state index is 14.5. The van der Waals surface area contributed by atoms with Gasteiger partial charge in [-0.05, 0) is 56.3 Å². The molecule has 5 heteroatoms. The Labute approximate surface area is 159 Å². The lowest BCUT2D eigenvalue weighted by molar-refractivity contribution is 0.242. The molecular weight excluding hydrogens is 345 g/mol. The molecule has 0 aliphatic carbocycles. The second-order valence-corrected chi connectivity index (χ2v) is 5.89. The molecule has 3 aromatic rings. The number of fused-ring (bicyclic) bond motifs is 1. The summed E-state index contributed by atoms with van der Waals surface area (Å²) in [7, 11) is 3.12. The van der Waals surface area contributed by atoms with Crippen molar-refractivity contribution in [3.8, 4) is 28.5 Å². The van der Waals surface area contributed by atoms with Crippen LogP contribution in [0.1, 0.15) is 27.7 Å². The van der Waals surface area contributed by atoms with E-state index in [-0.39, 0.29) is 6.10 Å². The van der Waals surface area contributed by atoms with Crippen molar-refractivity contribution < 1.29 is 18.6 Å². The van der Waals surface area contributed by atoms with Gasteiger partial charge >= 0.3 is 0 Å². The number of ether oxygens (including phenoxy) is 3. The zero-order valence-electron chi connectivity index (χ0n) is 16.7. The number of aromatic nitrogens is 1. The summed E-state index contributed by atoms with van der Waals surface area (Å²) in [6.45, 7) is 7.93. The van der Waals surface area contributed by atoms with Crippen LogP contribution in [0.15, 0.2) is 42.5 Å². The molecule has 1 aromatic heterocycles. The van der Waals surface area contributed by atoms with E-state index in [2.05, 4.69) is 4.98 Å². The molecule has 0 amide bonds. The van der Waals surface area contributed by atoms with Crippen LogP contribution in [0, 0.1) is 5.95 Å². The van der Waals surface area contributed by atoms with Gasteiger partial charge in [-0.1, -0.05) is 13.8 Å². The molecule has 0 N–H and O–H groups in total. The van der Waals surface area contributed by atoms with Crippen molar-refractivity contribution in [2.75, 3.05) is 14.2 Å². The van der Waals surface area contributed by atoms with Crippen LogP contribution in [-0.4, -0.2) is 25.3 Å². The first-order valence-corrected chi connectivity index (χ1v) is 9.01. The van der Waals surface area contributed by atoms with E-state index < -0.39 is 5.95 Å². The normalized spacial score (nSPS) is 10.4. The smallest absolute Gasteiger partial charge is 0.221 e. The molecule has 27 heavy (non-hydrogen) atoms. The zero-order chi connectivity index (χ0) is 20.0. The Morgan fingerprint density at radius 2 is 1.48 bits per heavy atom. The highest BCUT2D eigenvalue weighted by Crippen LogP contribution is 2.38. The molecule has 4 nitrogen and oxygen atoms in total. The van der Waals surface area contributed by atoms with Gasteiger partial charge in [-0.3, -0.25) is 0 Å². The number of methoxy groups -OCH3 is 2. The van der Waals surface area contributed by atoms with Crippen LogP contribution in [0.25, 0.3) is 22.0 Å². The van der Waals surface area contributed by atoms with Crippen molar-refractivity contribution in [2.45, 2.75) is 33.8 Å². The molecule has 0 atom stereocenters. The monoisotopic (exact) mass is 371 g/mol. The predicted molar refractivity (Wildman–Crippen MR) is 107 cm³/mol. The predicted octanol–water partition coefficient (Wildman–Crippen LogP) is 5.87. The summed E-state index contributed by atoms with van der Waals surface area (Å²) < 4.78 is 30.9. The number of nitrogens with zero attached hydrogens (tertiary/aromatic N) is 1. The average Bonchev–Trinajstić information content (AvgIpc) is 2.69. The molecule has 0 saturated heterocycles. The Balaban J connectivity index is 0.00000126. The van der Waals surface area contributed by atoms with Crippen LogP contribution in [0.4, 0.5) is 4.39 Å². The second-order valence-electron chi connectivity index (χ2n) is 5.89. The van der Waals surface area contributed by atoms with Crippen molar-refractivity contribution in [3.63, 3.8) is 0 Å². The lowest BCUT2D eigenvalue weighted by Crippen LogP contribution is -2.05. The fraction of sp³-hybridized carbons (Fsp3) is 0.318. The van der Waals surface area contributed by atoms with Gasteiger partial charge in [-0.15, -0.1) is 0 Å². The third-order valence-corrected chi connectivity index (χ3v) is 3.82. The van der Waals surface area contributed by atoms with Gasteiger partial charge in [-0.25, -0.2) is 4.98 Å². The van der Waals surface area contributed by atoms with Crippen LogP contribution >= 0.6 is 0 Å². The standard InChI is InChI=1S/C20H20FNO3.C2H6/c1-12(2)25-14-7-5-13(6-8-14)18-19(24-4)17-11-15(23-3)9-10-16(17)20(21)22-18;1-2/h5-12H,1-4H3;1-2H3. The lowest BCUT2D eigenvalue weighted by Gasteiger charge is -2.14. The molecule has 2 aromatic carbocycles. The molecule has 1 heterocycles. The molecule has 0 bridgehead atoms. The highest BCUT2D eigenvalue weighted by Gasteiger charge is 2.17. The quantitative estimate of drug-likeness (QED) is 0.526. The average molecular weight is 371 g/mol. The third-order valence-electron chi connectivity index (χ3n) is 3.82. The van der Waals surface area contributed by atoms with Crippen LogP contribution in [0.3, 0.4) is 0 Å². The van der Waals surface area contributed by atoms with Crippen LogP contribution in [0.5, 0.6) is 17.2 Å². The van der Waals surface area contributed by atoms with Gasteiger partial charge in [0, 0.05) is 16.3 Å². The number of rotatable bonds is 5. The summed E-state index contributed by atoms with van der Waals surface area (Å²) >= 11 is 0. The highest BCUT2D eigenvalue weighted by molar-refractivity contribution is 5.94. The number of hydrogen-bond donors (Lipinski definition) is 0. The van der Waals surface area contributed by atoms with Gasteiger partial charge in [0.1, 0.15) is 17.2 Å². The fourth-order valence-corrected chi connectivity index (χ4v) is 2.72. The summed E-state index contributed by atoms with van der Waals surface area (Å²) in [6.07, 6.45) is 0.0871. The molecule has 0 unspecified atom stereocenters. The summed E-state index contributed by atoms with van der Waals surface area (Å²) in [4.78, 5) is 4.12. The van der Waals surface area contributed by atoms with E-state index in [1.54, 1.807) is 32.4 Å². The third kappa shape index (κ3) is 4.48. The van der Waals surface area contributed by atoms with Gasteiger partial charge in [0.2, 0.25) is 5.95 Å². The van der Waals surface area contributed by atoms with Gasteiger partial charge in [0.15, 0.2) is 5.75 Å². The molecule has 144 valence electrons. The Bertz CT molecular complexity index is 892. The highest BCUT2D eigenvalue weighted by atomic mass is 19.1. The molecule has 3 rings (SSSR count). The van der Waals surface area contributed by atoms with Crippen LogP contribution < -0.4 is 14.2 Å². The largest absolute Gasteiger partial charge is 0.497 e. The van der Waals surface area contributed by atoms with Crippen LogP contribution in [0.2, 0.25) is 0 Å². The number of pyridine rings is 1. The van der Waals surface area contributed by atoms with Gasteiger partial charge in [-0.2, -0.15) is 4.39 Å². The van der Waals surface area contributed by atoms with E-state index in [0.717, 1.165) is 11.3 Å². The maximum atomic E-state index is 14.5. The minimum atomic E-state index is -0.545. The fourth-order valence-electron chi connectivity index (χ4n) is 2.72. The van der Waals surface area contributed by atoms with E-state index >= 15 is 0 Å². The van der Waals surface area contributed by atoms with Gasteiger partial charge < -0.3 is 14.2 Å². The van der Waals surface area contributed by atoms with E-state index in [4.69, 9.17) is 14.2 Å². The minimum Gasteiger partial charge on any atom is -0.497 e. The van der Waals surface area contributed by atoms with E-state index in [1.807, 2.05) is 52.0 Å². The Kier molecular flexibility index (Phi) is 6.99. The topological polar surface area (TPSA) is 40.6 Å². The van der Waals surface area contributed by atoms with Gasteiger partial charge in [0.05, 0.1) is 20.3 Å². The van der Waals surface area contributed by atoms with Crippen LogP contribution in [-0.2, 0) is 0 Å².